The molecular weight excluding hydrogens is 179 g/mol. The van der Waals surface area contributed by atoms with Crippen molar-refractivity contribution in [2.24, 2.45) is 5.92 Å². The fourth-order valence-electron chi connectivity index (χ4n) is 1.29. The van der Waals surface area contributed by atoms with E-state index >= 15 is 0 Å². The highest BCUT2D eigenvalue weighted by molar-refractivity contribution is 7.36. The van der Waals surface area contributed by atoms with Crippen molar-refractivity contribution >= 4 is 8.03 Å². The van der Waals surface area contributed by atoms with Gasteiger partial charge in [-0.25, -0.2) is 0 Å². The van der Waals surface area contributed by atoms with Gasteiger partial charge in [-0.3, -0.25) is 0 Å². The van der Waals surface area contributed by atoms with E-state index in [4.69, 9.17) is 10.8 Å². The molecule has 0 aromatic rings. The molecule has 0 N–H and O–H groups in total. The molecule has 0 bridgehead atoms. The van der Waals surface area contributed by atoms with E-state index in [0.717, 1.165) is 0 Å². The summed E-state index contributed by atoms with van der Waals surface area (Å²) < 4.78 is 27.9. The molecule has 1 aliphatic heterocycles. The van der Waals surface area contributed by atoms with E-state index in [0.29, 0.717) is 13.0 Å². The normalized spacial score (nSPS) is 38.0. The van der Waals surface area contributed by atoms with Crippen molar-refractivity contribution < 1.29 is 20.3 Å². The highest BCUT2D eigenvalue weighted by Crippen LogP contribution is 2.27. The van der Waals surface area contributed by atoms with Gasteiger partial charge in [0, 0.05) is 19.6 Å². The summed E-state index contributed by atoms with van der Waals surface area (Å²) in [4.78, 5) is 10.5. The number of ether oxygens (including phenoxy) is 2. The molecule has 0 amide bonds. The highest BCUT2D eigenvalue weighted by Gasteiger charge is 2.31. The van der Waals surface area contributed by atoms with Crippen LogP contribution in [0.3, 0.4) is 0 Å². The van der Waals surface area contributed by atoms with Gasteiger partial charge < -0.3 is 14.4 Å². The van der Waals surface area contributed by atoms with Gasteiger partial charge in [0.2, 0.25) is 0 Å². The SMILES string of the molecule is [3H][C@@H]1C[C@H](C[P+](=O)[O-])[C@@H](COC)O1. The van der Waals surface area contributed by atoms with Crippen LogP contribution in [-0.4, -0.2) is 32.6 Å². The fraction of sp³-hybridized carbons (Fsp3) is 1.00. The average Bonchev–Trinajstić information content (AvgIpc) is 2.31. The molecule has 4 nitrogen and oxygen atoms in total. The second-order valence-electron chi connectivity index (χ2n) is 2.81. The van der Waals surface area contributed by atoms with Gasteiger partial charge in [-0.15, -0.1) is 0 Å². The van der Waals surface area contributed by atoms with Crippen LogP contribution in [0.25, 0.3) is 0 Å². The molecule has 1 aliphatic rings. The lowest BCUT2D eigenvalue weighted by Crippen LogP contribution is -2.24. The summed E-state index contributed by atoms with van der Waals surface area (Å²) in [5.74, 6) is -0.0800. The highest BCUT2D eigenvalue weighted by atomic mass is 31.1. The van der Waals surface area contributed by atoms with Crippen LogP contribution in [0.15, 0.2) is 0 Å². The Morgan fingerprint density at radius 3 is 3.25 bits per heavy atom. The Morgan fingerprint density at radius 2 is 2.67 bits per heavy atom. The molecule has 0 saturated carbocycles. The van der Waals surface area contributed by atoms with E-state index in [1.54, 1.807) is 0 Å². The smallest absolute Gasteiger partial charge is 0.309 e. The summed E-state index contributed by atoms with van der Waals surface area (Å²) in [5.41, 5.74) is 0. The van der Waals surface area contributed by atoms with Crippen LogP contribution in [0.4, 0.5) is 0 Å². The molecule has 0 aliphatic carbocycles. The minimum Gasteiger partial charge on any atom is -0.596 e. The zero-order valence-corrected chi connectivity index (χ0v) is 7.83. The number of hydrogen-bond donors (Lipinski definition) is 0. The van der Waals surface area contributed by atoms with Crippen molar-refractivity contribution in [3.63, 3.8) is 0 Å². The van der Waals surface area contributed by atoms with Crippen LogP contribution < -0.4 is 4.89 Å². The monoisotopic (exact) mass is 194 g/mol. The minimum atomic E-state index is -2.39. The molecule has 1 rings (SSSR count). The van der Waals surface area contributed by atoms with Gasteiger partial charge in [-0.05, 0) is 6.42 Å². The van der Waals surface area contributed by atoms with Crippen molar-refractivity contribution in [1.29, 1.82) is 0 Å². The summed E-state index contributed by atoms with van der Waals surface area (Å²) in [6, 6.07) is 0. The lowest BCUT2D eigenvalue weighted by Gasteiger charge is -2.13. The van der Waals surface area contributed by atoms with E-state index in [2.05, 4.69) is 0 Å². The van der Waals surface area contributed by atoms with E-state index < -0.39 is 14.6 Å². The summed E-state index contributed by atoms with van der Waals surface area (Å²) in [5, 5.41) is 0. The van der Waals surface area contributed by atoms with Gasteiger partial charge in [-0.1, -0.05) is 4.57 Å². The third-order valence-electron chi connectivity index (χ3n) is 1.91. The van der Waals surface area contributed by atoms with Crippen molar-refractivity contribution in [1.82, 2.24) is 0 Å². The molecule has 0 aromatic carbocycles. The Morgan fingerprint density at radius 1 is 1.92 bits per heavy atom. The van der Waals surface area contributed by atoms with Crippen LogP contribution in [0, 0.1) is 5.92 Å². The van der Waals surface area contributed by atoms with E-state index in [1.807, 2.05) is 0 Å². The standard InChI is InChI=1S/C7H13O4P/c1-10-4-7-6(2-3-11-7)5-12(8)9/h6-7H,2-5H2,1H3/t6-,7-/m1/s1/i3T/t3-,6-,7-. The zero-order valence-electron chi connectivity index (χ0n) is 7.93. The van der Waals surface area contributed by atoms with Gasteiger partial charge in [0.25, 0.3) is 0 Å². The second kappa shape index (κ2) is 4.87. The van der Waals surface area contributed by atoms with E-state index in [1.165, 1.54) is 7.11 Å². The Hall–Kier alpha value is -0.0200. The Kier molecular flexibility index (Phi) is 3.48. The van der Waals surface area contributed by atoms with Crippen LogP contribution >= 0.6 is 8.03 Å². The molecule has 12 heavy (non-hydrogen) atoms. The molecule has 70 valence electrons. The molecule has 0 aromatic heterocycles. The summed E-state index contributed by atoms with van der Waals surface area (Å²) in [6.45, 7) is -0.233. The predicted octanol–water partition coefficient (Wildman–Crippen LogP) is 0.141. The van der Waals surface area contributed by atoms with Crippen molar-refractivity contribution in [2.75, 3.05) is 26.5 Å². The molecule has 0 radical (unpaired) electrons. The molecule has 0 spiro atoms. The fourth-order valence-corrected chi connectivity index (χ4v) is 2.06. The van der Waals surface area contributed by atoms with Gasteiger partial charge >= 0.3 is 8.03 Å². The first-order chi connectivity index (χ1) is 6.13. The molecule has 4 atom stereocenters. The maximum Gasteiger partial charge on any atom is 0.309 e. The second-order valence-corrected chi connectivity index (χ2v) is 3.84. The summed E-state index contributed by atoms with van der Waals surface area (Å²) >= 11 is 0. The summed E-state index contributed by atoms with van der Waals surface area (Å²) in [6.07, 6.45) is 0.344. The van der Waals surface area contributed by atoms with Crippen molar-refractivity contribution in [3.8, 4) is 0 Å². The van der Waals surface area contributed by atoms with Crippen LogP contribution in [0.5, 0.6) is 0 Å². The first-order valence-corrected chi connectivity index (χ1v) is 5.18. The quantitative estimate of drug-likeness (QED) is 0.597. The number of rotatable bonds is 4. The molecule has 1 fully saturated rings. The van der Waals surface area contributed by atoms with Gasteiger partial charge in [0.15, 0.2) is 0 Å². The predicted molar refractivity (Wildman–Crippen MR) is 42.2 cm³/mol. The average molecular weight is 194 g/mol. The Labute approximate surface area is 74.1 Å². The molecule has 1 saturated heterocycles. The van der Waals surface area contributed by atoms with Crippen molar-refractivity contribution in [2.45, 2.75) is 12.5 Å². The lowest BCUT2D eigenvalue weighted by molar-refractivity contribution is -0.165. The molecule has 5 heteroatoms. The molecular formula is C7H13O4P. The third-order valence-corrected chi connectivity index (χ3v) is 2.68. The third kappa shape index (κ3) is 2.79. The first kappa shape index (κ1) is 8.57. The van der Waals surface area contributed by atoms with Crippen LogP contribution in [-0.2, 0) is 14.0 Å². The van der Waals surface area contributed by atoms with E-state index in [9.17, 15) is 9.46 Å². The van der Waals surface area contributed by atoms with Crippen LogP contribution in [0.2, 0.25) is 0 Å². The Bertz CT molecular complexity index is 189. The topological polar surface area (TPSA) is 58.6 Å². The number of hydrogen-bond acceptors (Lipinski definition) is 4. The summed E-state index contributed by atoms with van der Waals surface area (Å²) in [7, 11) is -0.850. The molecule has 1 heterocycles. The van der Waals surface area contributed by atoms with Gasteiger partial charge in [0.05, 0.1) is 14.1 Å². The zero-order chi connectivity index (χ0) is 9.84. The largest absolute Gasteiger partial charge is 0.596 e. The van der Waals surface area contributed by atoms with Gasteiger partial charge in [0.1, 0.15) is 6.16 Å². The maximum atomic E-state index is 10.5. The Balaban J connectivity index is 2.45. The molecule has 1 unspecified atom stereocenters. The van der Waals surface area contributed by atoms with E-state index in [-0.39, 0.29) is 18.2 Å². The lowest BCUT2D eigenvalue weighted by atomic mass is 10.1. The van der Waals surface area contributed by atoms with Crippen molar-refractivity contribution in [3.05, 3.63) is 0 Å². The van der Waals surface area contributed by atoms with Crippen LogP contribution in [0.1, 0.15) is 7.79 Å². The first-order valence-electron chi connectivity index (χ1n) is 4.39. The maximum absolute atomic E-state index is 10.5. The van der Waals surface area contributed by atoms with Gasteiger partial charge in [-0.2, -0.15) is 0 Å². The minimum absolute atomic E-state index is 0.0800. The number of methoxy groups -OCH3 is 1.